The Morgan fingerprint density at radius 2 is 1.70 bits per heavy atom. The molecule has 3 aromatic carbocycles. The highest BCUT2D eigenvalue weighted by molar-refractivity contribution is 6.34. The second-order valence-electron chi connectivity index (χ2n) is 5.98. The molecule has 8 heteroatoms. The van der Waals surface area contributed by atoms with Crippen molar-refractivity contribution in [3.05, 3.63) is 99.0 Å². The van der Waals surface area contributed by atoms with Crippen LogP contribution < -0.4 is 11.1 Å². The van der Waals surface area contributed by atoms with Gasteiger partial charge >= 0.3 is 6.03 Å². The van der Waals surface area contributed by atoms with Crippen molar-refractivity contribution in [2.75, 3.05) is 5.32 Å². The molecular formula is C22H13Cl2F2N3O. The third kappa shape index (κ3) is 5.35. The summed E-state index contributed by atoms with van der Waals surface area (Å²) >= 11 is 11.6. The molecule has 3 aromatic rings. The van der Waals surface area contributed by atoms with E-state index >= 15 is 0 Å². The Labute approximate surface area is 181 Å². The van der Waals surface area contributed by atoms with Gasteiger partial charge in [-0.05, 0) is 54.6 Å². The average molecular weight is 444 g/mol. The van der Waals surface area contributed by atoms with Gasteiger partial charge in [0.15, 0.2) is 0 Å². The maximum Gasteiger partial charge on any atom is 0.347 e. The van der Waals surface area contributed by atoms with Crippen LogP contribution in [0.15, 0.2) is 65.7 Å². The molecule has 0 aliphatic heterocycles. The molecule has 0 aliphatic carbocycles. The van der Waals surface area contributed by atoms with Gasteiger partial charge in [-0.3, -0.25) is 0 Å². The van der Waals surface area contributed by atoms with E-state index in [0.717, 1.165) is 6.07 Å². The zero-order valence-corrected chi connectivity index (χ0v) is 16.7. The van der Waals surface area contributed by atoms with Crippen molar-refractivity contribution < 1.29 is 13.6 Å². The molecule has 0 aliphatic rings. The summed E-state index contributed by atoms with van der Waals surface area (Å²) in [5.74, 6) is 3.99. The monoisotopic (exact) mass is 443 g/mol. The first-order valence-electron chi connectivity index (χ1n) is 8.50. The number of amides is 2. The maximum absolute atomic E-state index is 13.8. The number of nitrogens with one attached hydrogen (secondary N) is 1. The Morgan fingerprint density at radius 3 is 2.37 bits per heavy atom. The molecule has 0 bridgehead atoms. The minimum atomic E-state index is -0.797. The molecule has 30 heavy (non-hydrogen) atoms. The number of hydrogen-bond donors (Lipinski definition) is 2. The topological polar surface area (TPSA) is 67.5 Å². The number of carbonyl (C=O) groups excluding carboxylic acids is 1. The van der Waals surface area contributed by atoms with Gasteiger partial charge in [0, 0.05) is 16.3 Å². The number of aliphatic imine (C=N–C) groups is 1. The molecule has 3 rings (SSSR count). The van der Waals surface area contributed by atoms with Crippen LogP contribution in [0.4, 0.5) is 19.3 Å². The van der Waals surface area contributed by atoms with Crippen LogP contribution in [0.1, 0.15) is 16.7 Å². The first-order chi connectivity index (χ1) is 14.3. The summed E-state index contributed by atoms with van der Waals surface area (Å²) in [4.78, 5) is 15.7. The van der Waals surface area contributed by atoms with Crippen molar-refractivity contribution in [2.24, 2.45) is 10.7 Å². The number of benzene rings is 3. The van der Waals surface area contributed by atoms with Crippen LogP contribution in [0.3, 0.4) is 0 Å². The summed E-state index contributed by atoms with van der Waals surface area (Å²) in [5, 5.41) is 2.84. The summed E-state index contributed by atoms with van der Waals surface area (Å²) in [6.07, 6.45) is 0. The molecule has 0 unspecified atom stereocenters. The van der Waals surface area contributed by atoms with E-state index in [4.69, 9.17) is 28.9 Å². The predicted octanol–water partition coefficient (Wildman–Crippen LogP) is 5.61. The first kappa shape index (κ1) is 21.3. The van der Waals surface area contributed by atoms with Crippen LogP contribution in [-0.2, 0) is 0 Å². The number of nitrogens with two attached hydrogens (primary N) is 1. The van der Waals surface area contributed by atoms with E-state index in [1.54, 1.807) is 30.3 Å². The highest BCUT2D eigenvalue weighted by Gasteiger charge is 2.12. The molecule has 0 saturated carbocycles. The highest BCUT2D eigenvalue weighted by Crippen LogP contribution is 2.19. The summed E-state index contributed by atoms with van der Waals surface area (Å²) in [6, 6.07) is 13.9. The van der Waals surface area contributed by atoms with Crippen molar-refractivity contribution >= 4 is 40.8 Å². The lowest BCUT2D eigenvalue weighted by Crippen LogP contribution is -2.20. The molecule has 0 saturated heterocycles. The molecule has 0 heterocycles. The highest BCUT2D eigenvalue weighted by atomic mass is 35.5. The SMILES string of the molecule is N/C(=N\C(=O)Nc1ccc(C#Cc2ccc(Cl)cc2F)cc1)c1c(F)cccc1Cl. The largest absolute Gasteiger partial charge is 0.383 e. The third-order valence-corrected chi connectivity index (χ3v) is 4.40. The Balaban J connectivity index is 1.70. The summed E-state index contributed by atoms with van der Waals surface area (Å²) in [6.45, 7) is 0. The number of anilines is 1. The molecule has 4 nitrogen and oxygen atoms in total. The van der Waals surface area contributed by atoms with Crippen LogP contribution >= 0.6 is 23.2 Å². The maximum atomic E-state index is 13.8. The van der Waals surface area contributed by atoms with E-state index in [2.05, 4.69) is 22.2 Å². The number of nitrogens with zero attached hydrogens (tertiary/aromatic N) is 1. The molecule has 3 N–H and O–H groups in total. The predicted molar refractivity (Wildman–Crippen MR) is 115 cm³/mol. The smallest absolute Gasteiger partial charge is 0.347 e. The number of carbonyl (C=O) groups is 1. The fraction of sp³-hybridized carbons (Fsp3) is 0. The quantitative estimate of drug-likeness (QED) is 0.307. The van der Waals surface area contributed by atoms with Gasteiger partial charge in [0.25, 0.3) is 0 Å². The minimum Gasteiger partial charge on any atom is -0.383 e. The van der Waals surface area contributed by atoms with E-state index < -0.39 is 17.7 Å². The lowest BCUT2D eigenvalue weighted by atomic mass is 10.1. The molecule has 150 valence electrons. The minimum absolute atomic E-state index is 0.0455. The second kappa shape index (κ2) is 9.40. The molecule has 0 atom stereocenters. The third-order valence-electron chi connectivity index (χ3n) is 3.85. The van der Waals surface area contributed by atoms with Crippen molar-refractivity contribution in [1.82, 2.24) is 0 Å². The zero-order chi connectivity index (χ0) is 21.7. The lowest BCUT2D eigenvalue weighted by molar-refractivity contribution is 0.259. The summed E-state index contributed by atoms with van der Waals surface area (Å²) < 4.78 is 27.6. The van der Waals surface area contributed by atoms with Gasteiger partial charge in [0.2, 0.25) is 0 Å². The van der Waals surface area contributed by atoms with Gasteiger partial charge in [-0.2, -0.15) is 4.99 Å². The number of amidine groups is 1. The van der Waals surface area contributed by atoms with Gasteiger partial charge in [-0.1, -0.05) is 41.1 Å². The van der Waals surface area contributed by atoms with Gasteiger partial charge in [0.05, 0.1) is 16.1 Å². The van der Waals surface area contributed by atoms with Crippen LogP contribution in [0.25, 0.3) is 0 Å². The van der Waals surface area contributed by atoms with E-state index in [0.29, 0.717) is 16.3 Å². The molecule has 0 aromatic heterocycles. The van der Waals surface area contributed by atoms with Crippen LogP contribution in [0.2, 0.25) is 10.0 Å². The number of rotatable bonds is 2. The average Bonchev–Trinajstić information content (AvgIpc) is 2.68. The Morgan fingerprint density at radius 1 is 0.967 bits per heavy atom. The standard InChI is InChI=1S/C22H13Cl2F2N3O/c23-15-9-8-14(19(26)12-15)7-4-13-5-10-16(11-6-13)28-22(30)29-21(27)20-17(24)2-1-3-18(20)25/h1-3,5-6,8-12H,(H3,27,28,29,30). The van der Waals surface area contributed by atoms with Gasteiger partial charge < -0.3 is 11.1 Å². The van der Waals surface area contributed by atoms with E-state index in [1.807, 2.05) is 0 Å². The lowest BCUT2D eigenvalue weighted by Gasteiger charge is -2.06. The summed E-state index contributed by atoms with van der Waals surface area (Å²) in [5.41, 5.74) is 6.79. The van der Waals surface area contributed by atoms with E-state index in [1.165, 1.54) is 24.3 Å². The molecular weight excluding hydrogens is 431 g/mol. The van der Waals surface area contributed by atoms with Gasteiger partial charge in [-0.25, -0.2) is 13.6 Å². The number of hydrogen-bond acceptors (Lipinski definition) is 1. The summed E-state index contributed by atoms with van der Waals surface area (Å²) in [7, 11) is 0. The Kier molecular flexibility index (Phi) is 6.68. The molecule has 0 radical (unpaired) electrons. The first-order valence-corrected chi connectivity index (χ1v) is 9.26. The second-order valence-corrected chi connectivity index (χ2v) is 6.82. The van der Waals surface area contributed by atoms with Gasteiger partial charge in [-0.15, -0.1) is 0 Å². The normalized spacial score (nSPS) is 10.9. The van der Waals surface area contributed by atoms with E-state index in [-0.39, 0.29) is 22.0 Å². The Hall–Kier alpha value is -3.40. The van der Waals surface area contributed by atoms with Crippen molar-refractivity contribution in [2.45, 2.75) is 0 Å². The van der Waals surface area contributed by atoms with Gasteiger partial charge in [0.1, 0.15) is 17.5 Å². The van der Waals surface area contributed by atoms with Crippen LogP contribution in [0.5, 0.6) is 0 Å². The molecule has 2 amide bonds. The number of urea groups is 1. The fourth-order valence-corrected chi connectivity index (χ4v) is 2.85. The Bertz CT molecular complexity index is 1180. The van der Waals surface area contributed by atoms with Crippen LogP contribution in [0, 0.1) is 23.5 Å². The van der Waals surface area contributed by atoms with Crippen molar-refractivity contribution in [3.8, 4) is 11.8 Å². The fourth-order valence-electron chi connectivity index (χ4n) is 2.43. The molecule has 0 fully saturated rings. The van der Waals surface area contributed by atoms with E-state index in [9.17, 15) is 13.6 Å². The zero-order valence-electron chi connectivity index (χ0n) is 15.2. The van der Waals surface area contributed by atoms with Crippen molar-refractivity contribution in [1.29, 1.82) is 0 Å². The van der Waals surface area contributed by atoms with Crippen molar-refractivity contribution in [3.63, 3.8) is 0 Å². The molecule has 0 spiro atoms. The number of halogens is 4. The van der Waals surface area contributed by atoms with Crippen LogP contribution in [-0.4, -0.2) is 11.9 Å².